The monoisotopic (exact) mass is 345 g/mol. The fourth-order valence-electron chi connectivity index (χ4n) is 2.48. The lowest BCUT2D eigenvalue weighted by Crippen LogP contribution is -2.01. The third kappa shape index (κ3) is 3.86. The molecule has 3 rings (SSSR count). The molecule has 0 N–H and O–H groups in total. The van der Waals surface area contributed by atoms with Crippen molar-refractivity contribution in [3.8, 4) is 0 Å². The molecular weight excluding hydrogens is 326 g/mol. The molecule has 0 saturated heterocycles. The summed E-state index contributed by atoms with van der Waals surface area (Å²) in [5, 5.41) is 5.28. The predicted molar refractivity (Wildman–Crippen MR) is 97.0 cm³/mol. The minimum absolute atomic E-state index is 0.0137. The highest BCUT2D eigenvalue weighted by atomic mass is 32.2. The number of hydrogen-bond acceptors (Lipinski definition) is 4. The van der Waals surface area contributed by atoms with Gasteiger partial charge in [0.05, 0.1) is 11.4 Å². The van der Waals surface area contributed by atoms with Crippen molar-refractivity contribution in [1.29, 1.82) is 0 Å². The minimum Gasteiger partial charge on any atom is -0.375 e. The average Bonchev–Trinajstić information content (AvgIpc) is 3.03. The van der Waals surface area contributed by atoms with Crippen molar-refractivity contribution in [3.63, 3.8) is 0 Å². The first kappa shape index (κ1) is 16.3. The molecule has 0 amide bonds. The van der Waals surface area contributed by atoms with E-state index in [2.05, 4.69) is 29.2 Å². The number of rotatable bonds is 6. The summed E-state index contributed by atoms with van der Waals surface area (Å²) in [6.07, 6.45) is -0.0137. The average molecular weight is 345 g/mol. The van der Waals surface area contributed by atoms with Gasteiger partial charge in [0.15, 0.2) is 0 Å². The first-order valence-electron chi connectivity index (χ1n) is 7.46. The molecule has 3 nitrogen and oxygen atoms in total. The molecule has 3 aromatic rings. The zero-order valence-electron chi connectivity index (χ0n) is 13.2. The summed E-state index contributed by atoms with van der Waals surface area (Å²) in [5.41, 5.74) is 2.01. The third-order valence-electron chi connectivity index (χ3n) is 3.78. The molecule has 0 aliphatic rings. The molecule has 0 spiro atoms. The van der Waals surface area contributed by atoms with Gasteiger partial charge in [0.1, 0.15) is 11.1 Å². The van der Waals surface area contributed by atoms with Crippen LogP contribution in [0, 0.1) is 0 Å². The highest BCUT2D eigenvalue weighted by molar-refractivity contribution is 7.83. The maximum atomic E-state index is 12.5. The Kier molecular flexibility index (Phi) is 5.20. The van der Waals surface area contributed by atoms with Crippen LogP contribution in [-0.4, -0.2) is 16.3 Å². The molecule has 0 unspecified atom stereocenters. The topological polar surface area (TPSA) is 39.2 Å². The molecule has 0 aliphatic heterocycles. The van der Waals surface area contributed by atoms with Crippen molar-refractivity contribution in [1.82, 2.24) is 4.98 Å². The van der Waals surface area contributed by atoms with Crippen LogP contribution in [0.15, 0.2) is 47.8 Å². The molecule has 0 bridgehead atoms. The Labute approximate surface area is 142 Å². The molecule has 1 aromatic heterocycles. The summed E-state index contributed by atoms with van der Waals surface area (Å²) in [6, 6.07) is 14.4. The van der Waals surface area contributed by atoms with E-state index in [0.717, 1.165) is 16.3 Å². The van der Waals surface area contributed by atoms with E-state index < -0.39 is 10.8 Å². The summed E-state index contributed by atoms with van der Waals surface area (Å²) in [4.78, 5) is 4.53. The van der Waals surface area contributed by atoms with E-state index >= 15 is 0 Å². The normalized spacial score (nSPS) is 14.0. The lowest BCUT2D eigenvalue weighted by Gasteiger charge is -2.06. The van der Waals surface area contributed by atoms with Gasteiger partial charge in [-0.05, 0) is 23.3 Å². The molecule has 0 fully saturated rings. The molecule has 0 saturated carbocycles. The Morgan fingerprint density at radius 3 is 2.78 bits per heavy atom. The predicted octanol–water partition coefficient (Wildman–Crippen LogP) is 4.45. The van der Waals surface area contributed by atoms with Crippen molar-refractivity contribution in [3.05, 3.63) is 64.1 Å². The summed E-state index contributed by atoms with van der Waals surface area (Å²) < 4.78 is 17.8. The molecular formula is C18H19NO2S2. The van der Waals surface area contributed by atoms with E-state index in [4.69, 9.17) is 4.74 Å². The summed E-state index contributed by atoms with van der Waals surface area (Å²) in [5.74, 6) is 1.03. The summed E-state index contributed by atoms with van der Waals surface area (Å²) in [7, 11) is 0.695. The summed E-state index contributed by atoms with van der Waals surface area (Å²) in [6.45, 7) is 1.97. The van der Waals surface area contributed by atoms with Crippen LogP contribution in [-0.2, 0) is 27.0 Å². The Balaban J connectivity index is 1.73. The number of hydrogen-bond donors (Lipinski definition) is 0. The van der Waals surface area contributed by atoms with E-state index in [0.29, 0.717) is 11.5 Å². The van der Waals surface area contributed by atoms with E-state index in [1.807, 2.05) is 30.5 Å². The molecule has 2 aromatic carbocycles. The Hall–Kier alpha value is -1.56. The number of thiazole rings is 1. The SMILES string of the molecule is CO[C@H](C)c1nc(C[S@@](=O)Cc2cccc3ccccc23)cs1. The molecule has 23 heavy (non-hydrogen) atoms. The number of fused-ring (bicyclic) bond motifs is 1. The van der Waals surface area contributed by atoms with Gasteiger partial charge in [0.25, 0.3) is 0 Å². The minimum atomic E-state index is -0.976. The van der Waals surface area contributed by atoms with Crippen LogP contribution < -0.4 is 0 Å². The van der Waals surface area contributed by atoms with Gasteiger partial charge in [0, 0.05) is 29.0 Å². The van der Waals surface area contributed by atoms with Gasteiger partial charge in [-0.25, -0.2) is 4.98 Å². The summed E-state index contributed by atoms with van der Waals surface area (Å²) >= 11 is 1.56. The quantitative estimate of drug-likeness (QED) is 0.662. The molecule has 2 atom stereocenters. The van der Waals surface area contributed by atoms with Crippen LogP contribution >= 0.6 is 11.3 Å². The standard InChI is InChI=1S/C18H19NO2S2/c1-13(21-2)18-19-16(10-22-18)12-23(20)11-15-8-5-7-14-6-3-4-9-17(14)15/h3-10,13H,11-12H2,1-2H3/t13-,23+/m1/s1. The van der Waals surface area contributed by atoms with Gasteiger partial charge in [-0.15, -0.1) is 11.3 Å². The van der Waals surface area contributed by atoms with Gasteiger partial charge in [0.2, 0.25) is 0 Å². The first-order valence-corrected chi connectivity index (χ1v) is 9.83. The van der Waals surface area contributed by atoms with Crippen LogP contribution in [0.5, 0.6) is 0 Å². The zero-order chi connectivity index (χ0) is 16.2. The van der Waals surface area contributed by atoms with Gasteiger partial charge in [-0.2, -0.15) is 0 Å². The second kappa shape index (κ2) is 7.34. The number of benzene rings is 2. The molecule has 5 heteroatoms. The van der Waals surface area contributed by atoms with Crippen LogP contribution in [0.3, 0.4) is 0 Å². The van der Waals surface area contributed by atoms with E-state index in [1.54, 1.807) is 18.4 Å². The zero-order valence-corrected chi connectivity index (χ0v) is 14.8. The maximum absolute atomic E-state index is 12.5. The van der Waals surface area contributed by atoms with Gasteiger partial charge in [-0.3, -0.25) is 4.21 Å². The molecule has 1 heterocycles. The number of methoxy groups -OCH3 is 1. The van der Waals surface area contributed by atoms with Gasteiger partial charge >= 0.3 is 0 Å². The second-order valence-electron chi connectivity index (χ2n) is 5.42. The van der Waals surface area contributed by atoms with Crippen molar-refractivity contribution >= 4 is 32.9 Å². The van der Waals surface area contributed by atoms with Crippen LogP contribution in [0.1, 0.15) is 29.3 Å². The van der Waals surface area contributed by atoms with Crippen LogP contribution in [0.4, 0.5) is 0 Å². The van der Waals surface area contributed by atoms with Crippen molar-refractivity contribution in [2.24, 2.45) is 0 Å². The second-order valence-corrected chi connectivity index (χ2v) is 7.77. The molecule has 120 valence electrons. The Morgan fingerprint density at radius 1 is 1.17 bits per heavy atom. The number of nitrogens with zero attached hydrogens (tertiary/aromatic N) is 1. The number of aromatic nitrogens is 1. The molecule has 0 aliphatic carbocycles. The Morgan fingerprint density at radius 2 is 1.96 bits per heavy atom. The Bertz CT molecular complexity index is 823. The highest BCUT2D eigenvalue weighted by Gasteiger charge is 2.12. The molecule has 0 radical (unpaired) electrons. The largest absolute Gasteiger partial charge is 0.375 e. The van der Waals surface area contributed by atoms with Crippen molar-refractivity contribution < 1.29 is 8.95 Å². The van der Waals surface area contributed by atoms with Crippen LogP contribution in [0.25, 0.3) is 10.8 Å². The van der Waals surface area contributed by atoms with E-state index in [-0.39, 0.29) is 6.10 Å². The third-order valence-corrected chi connectivity index (χ3v) is 6.08. The maximum Gasteiger partial charge on any atom is 0.122 e. The van der Waals surface area contributed by atoms with Gasteiger partial charge < -0.3 is 4.74 Å². The lowest BCUT2D eigenvalue weighted by molar-refractivity contribution is 0.119. The fourth-order valence-corrected chi connectivity index (χ4v) is 4.62. The lowest BCUT2D eigenvalue weighted by atomic mass is 10.1. The van der Waals surface area contributed by atoms with E-state index in [9.17, 15) is 4.21 Å². The number of ether oxygens (including phenoxy) is 1. The van der Waals surface area contributed by atoms with Crippen LogP contribution in [0.2, 0.25) is 0 Å². The fraction of sp³-hybridized carbons (Fsp3) is 0.278. The smallest absolute Gasteiger partial charge is 0.122 e. The van der Waals surface area contributed by atoms with Crippen molar-refractivity contribution in [2.45, 2.75) is 24.5 Å². The highest BCUT2D eigenvalue weighted by Crippen LogP contribution is 2.23. The first-order chi connectivity index (χ1) is 11.2. The van der Waals surface area contributed by atoms with Crippen molar-refractivity contribution in [2.75, 3.05) is 7.11 Å². The van der Waals surface area contributed by atoms with E-state index in [1.165, 1.54) is 10.8 Å². The van der Waals surface area contributed by atoms with Gasteiger partial charge in [-0.1, -0.05) is 42.5 Å².